The fraction of sp³-hybridized carbons (Fsp3) is 0.647. The first-order chi connectivity index (χ1) is 9.49. The van der Waals surface area contributed by atoms with Crippen molar-refractivity contribution < 1.29 is 51.0 Å². The van der Waals surface area contributed by atoms with Gasteiger partial charge in [0.05, 0.1) is 8.41 Å². The van der Waals surface area contributed by atoms with Gasteiger partial charge in [0.15, 0.2) is 0 Å². The van der Waals surface area contributed by atoms with Crippen molar-refractivity contribution in [2.45, 2.75) is 66.9 Å². The van der Waals surface area contributed by atoms with Crippen molar-refractivity contribution in [3.05, 3.63) is 34.1 Å². The van der Waals surface area contributed by atoms with Gasteiger partial charge in [-0.25, -0.2) is 0 Å². The standard InChI is InChI=1S/C9H13.C8H20NOSi2.2ClH.Ti/c1-6-5-7(2)9(4)8(6)3;1-11(2)8(6-7-9)10-12(3,4)5;;;/h5H,1-4H3;9H,6-7H2,1-5H3;2*1H;/q2*-1;;;+4/p-2. The van der Waals surface area contributed by atoms with Gasteiger partial charge in [-0.05, 0) is 26.1 Å². The fourth-order valence-corrected chi connectivity index (χ4v) is 5.22. The molecular formula is C17H33Cl2NOSi2Ti. The third-order valence-electron chi connectivity index (χ3n) is 3.52. The number of rotatable bonds is 4. The molecule has 0 aliphatic heterocycles. The molecule has 0 saturated heterocycles. The van der Waals surface area contributed by atoms with Crippen LogP contribution in [0.1, 0.15) is 28.7 Å². The quantitative estimate of drug-likeness (QED) is 0.453. The van der Waals surface area contributed by atoms with Crippen molar-refractivity contribution in [1.29, 1.82) is 0 Å². The van der Waals surface area contributed by atoms with Gasteiger partial charge in [-0.15, -0.1) is 6.54 Å². The Morgan fingerprint density at radius 3 is 1.79 bits per heavy atom. The number of halogens is 2. The molecule has 0 atom stereocenters. The predicted molar refractivity (Wildman–Crippen MR) is 102 cm³/mol. The number of aryl methyl sites for hydroxylation is 2. The molecule has 0 amide bonds. The van der Waals surface area contributed by atoms with Crippen LogP contribution in [0.15, 0.2) is 6.07 Å². The second kappa shape index (κ2) is 14.8. The van der Waals surface area contributed by atoms with Crippen LogP contribution < -0.4 is 24.8 Å². The third-order valence-corrected chi connectivity index (χ3v) is 6.05. The van der Waals surface area contributed by atoms with Gasteiger partial charge >= 0.3 is 21.7 Å². The molecule has 1 rings (SSSR count). The summed E-state index contributed by atoms with van der Waals surface area (Å²) in [5, 5.41) is 1.22. The molecule has 0 aliphatic rings. The van der Waals surface area contributed by atoms with Gasteiger partial charge in [0, 0.05) is 5.35 Å². The minimum Gasteiger partial charge on any atom is -1.00 e. The topological polar surface area (TPSA) is 33.0 Å². The van der Waals surface area contributed by atoms with Crippen LogP contribution in [0.25, 0.3) is 5.73 Å². The summed E-state index contributed by atoms with van der Waals surface area (Å²) in [7, 11) is -1.87. The van der Waals surface area contributed by atoms with Crippen LogP contribution in [0.3, 0.4) is 0 Å². The monoisotopic (exact) mass is 441 g/mol. The number of nitrogens with one attached hydrogen (secondary N) is 1. The van der Waals surface area contributed by atoms with E-state index in [1.807, 2.05) is 0 Å². The molecule has 0 bridgehead atoms. The van der Waals surface area contributed by atoms with Gasteiger partial charge in [0.2, 0.25) is 8.32 Å². The Kier molecular flexibility index (Phi) is 20.0. The molecule has 2 nitrogen and oxygen atoms in total. The molecule has 0 unspecified atom stereocenters. The predicted octanol–water partition coefficient (Wildman–Crippen LogP) is -0.609. The number of hydrogen-bond donors (Lipinski definition) is 0. The van der Waals surface area contributed by atoms with Crippen molar-refractivity contribution >= 4 is 22.1 Å². The van der Waals surface area contributed by atoms with Crippen LogP contribution in [0.5, 0.6) is 0 Å². The van der Waals surface area contributed by atoms with E-state index >= 15 is 0 Å². The van der Waals surface area contributed by atoms with Crippen LogP contribution in [0, 0.1) is 27.7 Å². The summed E-state index contributed by atoms with van der Waals surface area (Å²) >= 11 is 0. The molecule has 0 radical (unpaired) electrons. The van der Waals surface area contributed by atoms with Crippen molar-refractivity contribution in [2.24, 2.45) is 0 Å². The van der Waals surface area contributed by atoms with Crippen molar-refractivity contribution in [2.75, 3.05) is 6.54 Å². The van der Waals surface area contributed by atoms with Crippen LogP contribution in [-0.2, 0) is 26.1 Å². The van der Waals surface area contributed by atoms with E-state index < -0.39 is 16.7 Å². The minimum absolute atomic E-state index is 0. The average Bonchev–Trinajstić information content (AvgIpc) is 2.55. The van der Waals surface area contributed by atoms with E-state index in [1.54, 1.807) is 0 Å². The number of hydrogen-bond acceptors (Lipinski definition) is 1. The first kappa shape index (κ1) is 32.4. The van der Waals surface area contributed by atoms with Gasteiger partial charge in [0.25, 0.3) is 0 Å². The van der Waals surface area contributed by atoms with E-state index in [4.69, 9.17) is 10.2 Å². The van der Waals surface area contributed by atoms with Gasteiger partial charge in [0.1, 0.15) is 0 Å². The Bertz CT molecular complexity index is 471. The van der Waals surface area contributed by atoms with E-state index in [-0.39, 0.29) is 46.5 Å². The van der Waals surface area contributed by atoms with E-state index in [0.717, 1.165) is 6.42 Å². The van der Waals surface area contributed by atoms with Crippen LogP contribution in [0.4, 0.5) is 0 Å². The van der Waals surface area contributed by atoms with Gasteiger partial charge in [-0.1, -0.05) is 40.8 Å². The molecule has 1 aromatic carbocycles. The maximum Gasteiger partial charge on any atom is 4.00 e. The first-order valence-corrected chi connectivity index (χ1v) is 13.6. The summed E-state index contributed by atoms with van der Waals surface area (Å²) in [4.78, 5) is 0. The van der Waals surface area contributed by atoms with Crippen molar-refractivity contribution in [1.82, 2.24) is 0 Å². The zero-order valence-corrected chi connectivity index (χ0v) is 21.7. The zero-order chi connectivity index (χ0) is 16.8. The molecule has 0 heterocycles. The normalized spacial score (nSPS) is 9.42. The van der Waals surface area contributed by atoms with Crippen LogP contribution in [-0.4, -0.2) is 28.6 Å². The molecule has 0 aromatic heterocycles. The van der Waals surface area contributed by atoms with E-state index in [2.05, 4.69) is 66.5 Å². The van der Waals surface area contributed by atoms with Gasteiger partial charge in [-0.2, -0.15) is 28.3 Å². The Balaban J connectivity index is -0.000000152. The van der Waals surface area contributed by atoms with Gasteiger partial charge < -0.3 is 35.0 Å². The Labute approximate surface area is 179 Å². The summed E-state index contributed by atoms with van der Waals surface area (Å²) < 4.78 is 5.92. The Morgan fingerprint density at radius 1 is 1.17 bits per heavy atom. The van der Waals surface area contributed by atoms with Crippen LogP contribution in [0.2, 0.25) is 32.7 Å². The molecular weight excluding hydrogens is 409 g/mol. The molecule has 7 heteroatoms. The second-order valence-electron chi connectivity index (χ2n) is 6.90. The van der Waals surface area contributed by atoms with E-state index in [0.29, 0.717) is 6.54 Å². The Hall–Kier alpha value is 0.708. The fourth-order valence-electron chi connectivity index (χ4n) is 2.02. The second-order valence-corrected chi connectivity index (χ2v) is 13.9. The largest absolute Gasteiger partial charge is 4.00 e. The minimum atomic E-state index is -1.42. The molecule has 1 aromatic rings. The SMILES string of the molecule is C[Si](C)=C(CC[NH-])O[Si](C)(C)C.Cc1c[c-](C)c(C)c1C.[Cl-].[Cl-].[Ti+4]. The van der Waals surface area contributed by atoms with Crippen molar-refractivity contribution in [3.63, 3.8) is 0 Å². The average molecular weight is 442 g/mol. The smallest absolute Gasteiger partial charge is 1.00 e. The summed E-state index contributed by atoms with van der Waals surface area (Å²) in [6.07, 6.45) is 0.839. The van der Waals surface area contributed by atoms with E-state index in [9.17, 15) is 0 Å². The molecule has 1 N–H and O–H groups in total. The summed E-state index contributed by atoms with van der Waals surface area (Å²) in [5.41, 5.74) is 12.9. The molecule has 0 saturated carbocycles. The Morgan fingerprint density at radius 2 is 1.62 bits per heavy atom. The molecule has 0 aliphatic carbocycles. The van der Waals surface area contributed by atoms with E-state index in [1.165, 1.54) is 27.6 Å². The van der Waals surface area contributed by atoms with Gasteiger partial charge in [-0.3, -0.25) is 0 Å². The maximum atomic E-state index is 7.17. The van der Waals surface area contributed by atoms with Crippen LogP contribution >= 0.6 is 0 Å². The third kappa shape index (κ3) is 13.0. The summed E-state index contributed by atoms with van der Waals surface area (Å²) in [6.45, 7) is 20.2. The summed E-state index contributed by atoms with van der Waals surface area (Å²) in [5.74, 6) is 0. The van der Waals surface area contributed by atoms with Crippen molar-refractivity contribution in [3.8, 4) is 0 Å². The molecule has 24 heavy (non-hydrogen) atoms. The molecule has 0 fully saturated rings. The maximum absolute atomic E-state index is 7.17. The zero-order valence-electron chi connectivity index (χ0n) is 16.7. The molecule has 0 spiro atoms. The molecule has 138 valence electrons. The summed E-state index contributed by atoms with van der Waals surface area (Å²) in [6, 6.07) is 2.24. The first-order valence-electron chi connectivity index (χ1n) is 7.69.